The highest BCUT2D eigenvalue weighted by Crippen LogP contribution is 2.48. The number of hydrogen-bond donors (Lipinski definition) is 2. The van der Waals surface area contributed by atoms with Gasteiger partial charge < -0.3 is 10.4 Å². The number of phenols is 1. The standard InChI is InChI=1S/C20H16ClNO3/c1-2-5-14(23)18-15-10-6-3-4-7-11(10)19(24)16-12(21)8-9-13(17(15)16)22-20(18)25/h3-4,6-9,18,24H,2,5H2,1H3,(H,22,25)/t18-/m1/s1. The van der Waals surface area contributed by atoms with Gasteiger partial charge in [-0.25, -0.2) is 0 Å². The number of halogens is 1. The maximum absolute atomic E-state index is 12.7. The second-order valence-electron chi connectivity index (χ2n) is 6.29. The van der Waals surface area contributed by atoms with E-state index in [4.69, 9.17) is 11.6 Å². The molecule has 1 atom stereocenters. The van der Waals surface area contributed by atoms with Crippen molar-refractivity contribution in [1.82, 2.24) is 0 Å². The van der Waals surface area contributed by atoms with E-state index in [9.17, 15) is 14.7 Å². The van der Waals surface area contributed by atoms with E-state index in [0.29, 0.717) is 50.7 Å². The monoisotopic (exact) mass is 353 g/mol. The Morgan fingerprint density at radius 1 is 1.16 bits per heavy atom. The number of carbonyl (C=O) groups is 2. The Kier molecular flexibility index (Phi) is 3.65. The van der Waals surface area contributed by atoms with Gasteiger partial charge in [0.1, 0.15) is 17.5 Å². The van der Waals surface area contributed by atoms with E-state index in [1.807, 2.05) is 25.1 Å². The Morgan fingerprint density at radius 2 is 1.88 bits per heavy atom. The summed E-state index contributed by atoms with van der Waals surface area (Å²) in [6.07, 6.45) is 0.995. The number of benzene rings is 3. The highest BCUT2D eigenvalue weighted by Gasteiger charge is 2.36. The molecule has 0 saturated carbocycles. The number of phenolic OH excluding ortho intramolecular Hbond substituents is 1. The molecule has 4 nitrogen and oxygen atoms in total. The lowest BCUT2D eigenvalue weighted by Crippen LogP contribution is -2.31. The summed E-state index contributed by atoms with van der Waals surface area (Å²) in [6, 6.07) is 10.6. The van der Waals surface area contributed by atoms with Gasteiger partial charge in [0.05, 0.1) is 5.02 Å². The van der Waals surface area contributed by atoms with E-state index >= 15 is 0 Å². The van der Waals surface area contributed by atoms with Crippen molar-refractivity contribution in [2.45, 2.75) is 25.7 Å². The van der Waals surface area contributed by atoms with Crippen LogP contribution < -0.4 is 5.32 Å². The molecular weight excluding hydrogens is 338 g/mol. The van der Waals surface area contributed by atoms with Crippen molar-refractivity contribution in [1.29, 1.82) is 0 Å². The van der Waals surface area contributed by atoms with Gasteiger partial charge in [-0.2, -0.15) is 0 Å². The summed E-state index contributed by atoms with van der Waals surface area (Å²) < 4.78 is 0. The van der Waals surface area contributed by atoms with Crippen LogP contribution in [0.25, 0.3) is 21.5 Å². The maximum atomic E-state index is 12.7. The normalized spacial score (nSPS) is 16.2. The van der Waals surface area contributed by atoms with Crippen molar-refractivity contribution in [3.63, 3.8) is 0 Å². The second-order valence-corrected chi connectivity index (χ2v) is 6.70. The quantitative estimate of drug-likeness (QED) is 0.527. The third-order valence-electron chi connectivity index (χ3n) is 4.76. The van der Waals surface area contributed by atoms with Crippen molar-refractivity contribution in [3.05, 3.63) is 47.0 Å². The van der Waals surface area contributed by atoms with Crippen LogP contribution in [0.4, 0.5) is 5.69 Å². The number of amides is 1. The molecule has 1 amide bonds. The molecule has 0 aromatic heterocycles. The Morgan fingerprint density at radius 3 is 2.60 bits per heavy atom. The SMILES string of the molecule is CCCC(=O)[C@H]1C(=O)Nc2ccc(Cl)c3c(O)c4ccccc4c1c23. The fraction of sp³-hybridized carbons (Fsp3) is 0.200. The molecule has 1 heterocycles. The summed E-state index contributed by atoms with van der Waals surface area (Å²) in [5.74, 6) is -1.27. The molecular formula is C20H16ClNO3. The zero-order valence-corrected chi connectivity index (χ0v) is 14.4. The number of aromatic hydroxyl groups is 1. The van der Waals surface area contributed by atoms with Crippen molar-refractivity contribution < 1.29 is 14.7 Å². The predicted molar refractivity (Wildman–Crippen MR) is 99.4 cm³/mol. The minimum atomic E-state index is -0.890. The van der Waals surface area contributed by atoms with E-state index < -0.39 is 5.92 Å². The zero-order chi connectivity index (χ0) is 17.7. The number of hydrogen-bond acceptors (Lipinski definition) is 3. The first-order valence-electron chi connectivity index (χ1n) is 8.24. The smallest absolute Gasteiger partial charge is 0.239 e. The van der Waals surface area contributed by atoms with Crippen molar-refractivity contribution in [2.75, 3.05) is 5.32 Å². The summed E-state index contributed by atoms with van der Waals surface area (Å²) in [5, 5.41) is 16.4. The van der Waals surface area contributed by atoms with Crippen LogP contribution in [0, 0.1) is 0 Å². The number of ketones is 1. The number of anilines is 1. The van der Waals surface area contributed by atoms with E-state index in [0.717, 1.165) is 0 Å². The molecule has 126 valence electrons. The summed E-state index contributed by atoms with van der Waals surface area (Å²) >= 11 is 6.35. The molecule has 3 aromatic carbocycles. The second kappa shape index (κ2) is 5.74. The molecule has 4 rings (SSSR count). The number of rotatable bonds is 3. The molecule has 0 bridgehead atoms. The van der Waals surface area contributed by atoms with Gasteiger partial charge in [-0.3, -0.25) is 9.59 Å². The van der Waals surface area contributed by atoms with Gasteiger partial charge in [0.2, 0.25) is 5.91 Å². The van der Waals surface area contributed by atoms with E-state index in [1.54, 1.807) is 18.2 Å². The Balaban J connectivity index is 2.21. The van der Waals surface area contributed by atoms with Gasteiger partial charge in [0.25, 0.3) is 0 Å². The summed E-state index contributed by atoms with van der Waals surface area (Å²) in [5.41, 5.74) is 1.21. The van der Waals surface area contributed by atoms with E-state index in [-0.39, 0.29) is 17.4 Å². The first kappa shape index (κ1) is 15.9. The molecule has 5 heteroatoms. The van der Waals surface area contributed by atoms with Crippen molar-refractivity contribution in [3.8, 4) is 5.75 Å². The lowest BCUT2D eigenvalue weighted by molar-refractivity contribution is -0.127. The molecule has 0 spiro atoms. The molecule has 0 saturated heterocycles. The van der Waals surface area contributed by atoms with Crippen LogP contribution in [-0.2, 0) is 9.59 Å². The molecule has 1 aliphatic rings. The fourth-order valence-electron chi connectivity index (χ4n) is 3.72. The van der Waals surface area contributed by atoms with Crippen LogP contribution in [-0.4, -0.2) is 16.8 Å². The van der Waals surface area contributed by atoms with Gasteiger partial charge in [-0.05, 0) is 29.5 Å². The van der Waals surface area contributed by atoms with E-state index in [2.05, 4.69) is 5.32 Å². The van der Waals surface area contributed by atoms with Gasteiger partial charge in [0, 0.05) is 28.3 Å². The molecule has 1 aliphatic heterocycles. The first-order valence-corrected chi connectivity index (χ1v) is 8.61. The van der Waals surface area contributed by atoms with Gasteiger partial charge in [-0.15, -0.1) is 0 Å². The van der Waals surface area contributed by atoms with E-state index in [1.165, 1.54) is 0 Å². The summed E-state index contributed by atoms with van der Waals surface area (Å²) in [7, 11) is 0. The number of carbonyl (C=O) groups excluding carboxylic acids is 2. The van der Waals surface area contributed by atoms with Crippen LogP contribution in [0.5, 0.6) is 5.75 Å². The molecule has 0 unspecified atom stereocenters. The van der Waals surface area contributed by atoms with Gasteiger partial charge >= 0.3 is 0 Å². The minimum absolute atomic E-state index is 0.0686. The van der Waals surface area contributed by atoms with Gasteiger partial charge in [0.15, 0.2) is 0 Å². The minimum Gasteiger partial charge on any atom is -0.507 e. The molecule has 0 radical (unpaired) electrons. The first-order chi connectivity index (χ1) is 12.0. The Labute approximate surface area is 149 Å². The largest absolute Gasteiger partial charge is 0.507 e. The molecule has 0 aliphatic carbocycles. The number of Topliss-reactive ketones (excluding diaryl/α,β-unsaturated/α-hetero) is 1. The molecule has 25 heavy (non-hydrogen) atoms. The van der Waals surface area contributed by atoms with Gasteiger partial charge in [-0.1, -0.05) is 42.8 Å². The fourth-order valence-corrected chi connectivity index (χ4v) is 3.97. The maximum Gasteiger partial charge on any atom is 0.239 e. The lowest BCUT2D eigenvalue weighted by atomic mass is 9.81. The Hall–Kier alpha value is -2.59. The summed E-state index contributed by atoms with van der Waals surface area (Å²) in [4.78, 5) is 25.4. The van der Waals surface area contributed by atoms with Crippen molar-refractivity contribution in [2.24, 2.45) is 0 Å². The van der Waals surface area contributed by atoms with Crippen LogP contribution in [0.2, 0.25) is 5.02 Å². The average molecular weight is 354 g/mol. The number of nitrogens with one attached hydrogen (secondary N) is 1. The molecule has 2 N–H and O–H groups in total. The number of fused-ring (bicyclic) bond motifs is 2. The van der Waals surface area contributed by atoms with Crippen LogP contribution in [0.1, 0.15) is 31.2 Å². The Bertz CT molecular complexity index is 1060. The zero-order valence-electron chi connectivity index (χ0n) is 13.6. The van der Waals surface area contributed by atoms with Crippen LogP contribution >= 0.6 is 11.6 Å². The molecule has 0 fully saturated rings. The van der Waals surface area contributed by atoms with Crippen molar-refractivity contribution >= 4 is 50.5 Å². The highest BCUT2D eigenvalue weighted by molar-refractivity contribution is 6.39. The predicted octanol–water partition coefficient (Wildman–Crippen LogP) is 4.76. The molecule has 3 aromatic rings. The topological polar surface area (TPSA) is 66.4 Å². The average Bonchev–Trinajstić information content (AvgIpc) is 2.60. The summed E-state index contributed by atoms with van der Waals surface area (Å²) in [6.45, 7) is 1.91. The third-order valence-corrected chi connectivity index (χ3v) is 5.08. The third kappa shape index (κ3) is 2.21. The van der Waals surface area contributed by atoms with Crippen LogP contribution in [0.3, 0.4) is 0 Å². The van der Waals surface area contributed by atoms with Crippen LogP contribution in [0.15, 0.2) is 36.4 Å². The highest BCUT2D eigenvalue weighted by atomic mass is 35.5. The lowest BCUT2D eigenvalue weighted by Gasteiger charge is -2.27.